The van der Waals surface area contributed by atoms with Gasteiger partial charge in [0.05, 0.1) is 5.52 Å². The average Bonchev–Trinajstić information content (AvgIpc) is 2.88. The van der Waals surface area contributed by atoms with E-state index in [4.69, 9.17) is 4.98 Å². The molecule has 0 atom stereocenters. The van der Waals surface area contributed by atoms with Crippen molar-refractivity contribution in [2.24, 2.45) is 0 Å². The first kappa shape index (κ1) is 12.4. The average molecular weight is 274 g/mol. The van der Waals surface area contributed by atoms with E-state index in [1.165, 1.54) is 27.8 Å². The minimum Gasteiger partial charge on any atom is -0.326 e. The van der Waals surface area contributed by atoms with E-state index in [1.807, 2.05) is 0 Å². The van der Waals surface area contributed by atoms with E-state index in [2.05, 4.69) is 67.3 Å². The van der Waals surface area contributed by atoms with E-state index in [0.29, 0.717) is 0 Å². The normalized spacial score (nSPS) is 13.7. The van der Waals surface area contributed by atoms with Gasteiger partial charge in [-0.2, -0.15) is 0 Å². The Bertz CT molecular complexity index is 819. The summed E-state index contributed by atoms with van der Waals surface area (Å²) in [4.78, 5) is 7.25. The zero-order valence-electron chi connectivity index (χ0n) is 12.4. The monoisotopic (exact) mass is 274 g/mol. The Morgan fingerprint density at radius 1 is 0.905 bits per heavy atom. The number of hydrogen-bond donors (Lipinski definition) is 0. The zero-order chi connectivity index (χ0) is 14.4. The summed E-state index contributed by atoms with van der Waals surface area (Å²) >= 11 is 0. The van der Waals surface area contributed by atoms with Crippen LogP contribution < -0.4 is 4.90 Å². The van der Waals surface area contributed by atoms with Gasteiger partial charge < -0.3 is 4.90 Å². The molecule has 2 nitrogen and oxygen atoms in total. The van der Waals surface area contributed by atoms with Gasteiger partial charge in [-0.25, -0.2) is 4.98 Å². The molecule has 1 aliphatic heterocycles. The molecular formula is C19H18N2. The standard InChI is InChI=1S/C19H18N2/c1-13-4-7-17(8-5-13)21-10-9-16-12-15-6-3-14(2)11-18(15)20-19(16)21/h3-8,11-12H,9-10H2,1-2H3. The molecule has 104 valence electrons. The van der Waals surface area contributed by atoms with E-state index in [-0.39, 0.29) is 0 Å². The Morgan fingerprint density at radius 3 is 2.48 bits per heavy atom. The number of aryl methyl sites for hydroxylation is 2. The number of pyridine rings is 1. The summed E-state index contributed by atoms with van der Waals surface area (Å²) in [7, 11) is 0. The Morgan fingerprint density at radius 2 is 1.67 bits per heavy atom. The van der Waals surface area contributed by atoms with Crippen molar-refractivity contribution in [3.8, 4) is 0 Å². The lowest BCUT2D eigenvalue weighted by atomic mass is 10.1. The van der Waals surface area contributed by atoms with Gasteiger partial charge in [-0.05, 0) is 55.7 Å². The third-order valence-corrected chi connectivity index (χ3v) is 4.24. The number of aromatic nitrogens is 1. The van der Waals surface area contributed by atoms with Crippen molar-refractivity contribution >= 4 is 22.4 Å². The maximum atomic E-state index is 4.92. The van der Waals surface area contributed by atoms with E-state index in [0.717, 1.165) is 24.3 Å². The second-order valence-corrected chi connectivity index (χ2v) is 5.90. The van der Waals surface area contributed by atoms with Gasteiger partial charge in [0.1, 0.15) is 5.82 Å². The van der Waals surface area contributed by atoms with Gasteiger partial charge in [0.25, 0.3) is 0 Å². The SMILES string of the molecule is Cc1ccc(N2CCc3cc4ccc(C)cc4nc32)cc1. The molecule has 0 unspecified atom stereocenters. The Balaban J connectivity index is 1.85. The predicted octanol–water partition coefficient (Wildman–Crippen LogP) is 4.55. The lowest BCUT2D eigenvalue weighted by Gasteiger charge is -2.19. The molecule has 0 bridgehead atoms. The third-order valence-electron chi connectivity index (χ3n) is 4.24. The first-order valence-electron chi connectivity index (χ1n) is 7.45. The lowest BCUT2D eigenvalue weighted by Crippen LogP contribution is -2.14. The van der Waals surface area contributed by atoms with Gasteiger partial charge in [-0.15, -0.1) is 0 Å². The third kappa shape index (κ3) is 2.07. The Hall–Kier alpha value is -2.35. The second kappa shape index (κ2) is 4.59. The van der Waals surface area contributed by atoms with E-state index in [1.54, 1.807) is 0 Å². The van der Waals surface area contributed by atoms with E-state index < -0.39 is 0 Å². The Labute approximate surface area is 125 Å². The smallest absolute Gasteiger partial charge is 0.137 e. The Kier molecular flexibility index (Phi) is 2.71. The van der Waals surface area contributed by atoms with Crippen LogP contribution in [0.5, 0.6) is 0 Å². The summed E-state index contributed by atoms with van der Waals surface area (Å²) in [6.07, 6.45) is 1.07. The van der Waals surface area contributed by atoms with E-state index >= 15 is 0 Å². The van der Waals surface area contributed by atoms with Crippen LogP contribution in [-0.2, 0) is 6.42 Å². The number of nitrogens with zero attached hydrogens (tertiary/aromatic N) is 2. The molecule has 21 heavy (non-hydrogen) atoms. The highest BCUT2D eigenvalue weighted by atomic mass is 15.2. The fourth-order valence-electron chi connectivity index (χ4n) is 3.04. The van der Waals surface area contributed by atoms with Gasteiger partial charge in [0, 0.05) is 17.6 Å². The van der Waals surface area contributed by atoms with Crippen molar-refractivity contribution in [3.63, 3.8) is 0 Å². The van der Waals surface area contributed by atoms with Crippen LogP contribution in [0, 0.1) is 13.8 Å². The van der Waals surface area contributed by atoms with Crippen LogP contribution >= 0.6 is 0 Å². The maximum Gasteiger partial charge on any atom is 0.137 e. The number of anilines is 2. The zero-order valence-corrected chi connectivity index (χ0v) is 12.4. The van der Waals surface area contributed by atoms with Crippen molar-refractivity contribution in [3.05, 3.63) is 65.2 Å². The van der Waals surface area contributed by atoms with Gasteiger partial charge in [-0.3, -0.25) is 0 Å². The first-order chi connectivity index (χ1) is 10.2. The van der Waals surface area contributed by atoms with Gasteiger partial charge in [0.2, 0.25) is 0 Å². The van der Waals surface area contributed by atoms with Gasteiger partial charge >= 0.3 is 0 Å². The molecule has 0 saturated heterocycles. The maximum absolute atomic E-state index is 4.92. The van der Waals surface area contributed by atoms with Crippen LogP contribution in [0.4, 0.5) is 11.5 Å². The highest BCUT2D eigenvalue weighted by Gasteiger charge is 2.22. The van der Waals surface area contributed by atoms with Gasteiger partial charge in [-0.1, -0.05) is 29.8 Å². The molecule has 0 fully saturated rings. The van der Waals surface area contributed by atoms with Crippen LogP contribution in [0.2, 0.25) is 0 Å². The van der Waals surface area contributed by atoms with Crippen LogP contribution in [-0.4, -0.2) is 11.5 Å². The van der Waals surface area contributed by atoms with Crippen molar-refractivity contribution in [1.29, 1.82) is 0 Å². The quantitative estimate of drug-likeness (QED) is 0.647. The first-order valence-corrected chi connectivity index (χ1v) is 7.45. The number of hydrogen-bond acceptors (Lipinski definition) is 2. The largest absolute Gasteiger partial charge is 0.326 e. The molecule has 0 saturated carbocycles. The molecule has 0 aliphatic carbocycles. The molecule has 0 radical (unpaired) electrons. The molecule has 2 heterocycles. The molecule has 1 aromatic heterocycles. The predicted molar refractivity (Wildman–Crippen MR) is 88.4 cm³/mol. The number of rotatable bonds is 1. The number of benzene rings is 2. The van der Waals surface area contributed by atoms with Crippen LogP contribution in [0.15, 0.2) is 48.5 Å². The molecular weight excluding hydrogens is 256 g/mol. The highest BCUT2D eigenvalue weighted by molar-refractivity contribution is 5.84. The van der Waals surface area contributed by atoms with Crippen molar-refractivity contribution in [2.75, 3.05) is 11.4 Å². The highest BCUT2D eigenvalue weighted by Crippen LogP contribution is 2.35. The fourth-order valence-corrected chi connectivity index (χ4v) is 3.04. The molecule has 2 aromatic carbocycles. The summed E-state index contributed by atoms with van der Waals surface area (Å²) in [6, 6.07) is 17.5. The minimum absolute atomic E-state index is 1.01. The molecule has 2 heteroatoms. The summed E-state index contributed by atoms with van der Waals surface area (Å²) in [5.74, 6) is 1.12. The second-order valence-electron chi connectivity index (χ2n) is 5.90. The lowest BCUT2D eigenvalue weighted by molar-refractivity contribution is 0.991. The molecule has 0 amide bonds. The van der Waals surface area contributed by atoms with Crippen LogP contribution in [0.25, 0.3) is 10.9 Å². The molecule has 4 rings (SSSR count). The number of fused-ring (bicyclic) bond motifs is 2. The van der Waals surface area contributed by atoms with Crippen molar-refractivity contribution in [2.45, 2.75) is 20.3 Å². The topological polar surface area (TPSA) is 16.1 Å². The molecule has 3 aromatic rings. The fraction of sp³-hybridized carbons (Fsp3) is 0.211. The van der Waals surface area contributed by atoms with Crippen LogP contribution in [0.3, 0.4) is 0 Å². The summed E-state index contributed by atoms with van der Waals surface area (Å²) in [5.41, 5.74) is 6.23. The van der Waals surface area contributed by atoms with Crippen LogP contribution in [0.1, 0.15) is 16.7 Å². The summed E-state index contributed by atoms with van der Waals surface area (Å²) in [5, 5.41) is 1.24. The molecule has 0 spiro atoms. The van der Waals surface area contributed by atoms with Crippen molar-refractivity contribution < 1.29 is 0 Å². The van der Waals surface area contributed by atoms with E-state index in [9.17, 15) is 0 Å². The summed E-state index contributed by atoms with van der Waals surface area (Å²) in [6.45, 7) is 5.25. The molecule has 1 aliphatic rings. The van der Waals surface area contributed by atoms with Gasteiger partial charge in [0.15, 0.2) is 0 Å². The minimum atomic E-state index is 1.01. The molecule has 0 N–H and O–H groups in total. The van der Waals surface area contributed by atoms with Crippen molar-refractivity contribution in [1.82, 2.24) is 4.98 Å². The summed E-state index contributed by atoms with van der Waals surface area (Å²) < 4.78 is 0.